The fraction of sp³-hybridized carbons (Fsp3) is 0.500. The summed E-state index contributed by atoms with van der Waals surface area (Å²) in [5, 5.41) is 0. The number of halogens is 1. The lowest BCUT2D eigenvalue weighted by Gasteiger charge is -2.25. The van der Waals surface area contributed by atoms with Crippen molar-refractivity contribution in [2.75, 3.05) is 18.0 Å². The average molecular weight is 235 g/mol. The van der Waals surface area contributed by atoms with Crippen LogP contribution in [-0.4, -0.2) is 19.4 Å². The average Bonchev–Trinajstić information content (AvgIpc) is 3.12. The number of nitrogens with zero attached hydrogens (tertiary/aromatic N) is 1. The van der Waals surface area contributed by atoms with E-state index < -0.39 is 5.82 Å². The van der Waals surface area contributed by atoms with Crippen LogP contribution in [0, 0.1) is 11.7 Å². The fourth-order valence-electron chi connectivity index (χ4n) is 2.11. The van der Waals surface area contributed by atoms with E-state index in [9.17, 15) is 9.18 Å². The van der Waals surface area contributed by atoms with Crippen molar-refractivity contribution in [3.63, 3.8) is 0 Å². The van der Waals surface area contributed by atoms with Crippen LogP contribution in [0.4, 0.5) is 10.1 Å². The van der Waals surface area contributed by atoms with Crippen LogP contribution < -0.4 is 4.90 Å². The van der Waals surface area contributed by atoms with Gasteiger partial charge in [0.25, 0.3) is 0 Å². The number of rotatable bonds is 6. The van der Waals surface area contributed by atoms with E-state index in [0.29, 0.717) is 6.29 Å². The molecule has 1 aromatic rings. The summed E-state index contributed by atoms with van der Waals surface area (Å²) in [4.78, 5) is 13.1. The molecular weight excluding hydrogens is 217 g/mol. The van der Waals surface area contributed by atoms with Gasteiger partial charge in [-0.25, -0.2) is 4.39 Å². The molecule has 0 bridgehead atoms. The van der Waals surface area contributed by atoms with E-state index in [1.165, 1.54) is 18.9 Å². The van der Waals surface area contributed by atoms with Crippen LogP contribution >= 0.6 is 0 Å². The molecule has 1 saturated carbocycles. The predicted octanol–water partition coefficient (Wildman–Crippen LogP) is 3.26. The van der Waals surface area contributed by atoms with E-state index >= 15 is 0 Å². The van der Waals surface area contributed by atoms with E-state index in [4.69, 9.17) is 0 Å². The minimum Gasteiger partial charge on any atom is -0.371 e. The number of hydrogen-bond acceptors (Lipinski definition) is 2. The standard InChI is InChI=1S/C14H18FNO/c1-2-8-16(9-11-6-7-11)14-5-3-4-13(15)12(14)10-17/h3-5,10-11H,2,6-9H2,1H3. The lowest BCUT2D eigenvalue weighted by molar-refractivity contribution is 0.112. The first-order valence-electron chi connectivity index (χ1n) is 6.25. The van der Waals surface area contributed by atoms with Crippen LogP contribution in [0.2, 0.25) is 0 Å². The molecule has 0 heterocycles. The quantitative estimate of drug-likeness (QED) is 0.705. The molecule has 0 aliphatic heterocycles. The molecule has 0 saturated heterocycles. The molecule has 0 aromatic heterocycles. The molecule has 1 fully saturated rings. The molecule has 0 radical (unpaired) electrons. The Bertz CT molecular complexity index is 401. The second kappa shape index (κ2) is 5.30. The molecule has 92 valence electrons. The third-order valence-electron chi connectivity index (χ3n) is 3.16. The first-order chi connectivity index (χ1) is 8.26. The number of carbonyl (C=O) groups excluding carboxylic acids is 1. The Morgan fingerprint density at radius 3 is 2.82 bits per heavy atom. The summed E-state index contributed by atoms with van der Waals surface area (Å²) >= 11 is 0. The number of aldehydes is 1. The summed E-state index contributed by atoms with van der Waals surface area (Å²) < 4.78 is 13.5. The van der Waals surface area contributed by atoms with Crippen molar-refractivity contribution in [2.45, 2.75) is 26.2 Å². The fourth-order valence-corrected chi connectivity index (χ4v) is 2.11. The minimum absolute atomic E-state index is 0.196. The van der Waals surface area contributed by atoms with E-state index in [2.05, 4.69) is 11.8 Å². The van der Waals surface area contributed by atoms with Gasteiger partial charge < -0.3 is 4.90 Å². The van der Waals surface area contributed by atoms with E-state index in [1.807, 2.05) is 6.07 Å². The molecule has 0 N–H and O–H groups in total. The highest BCUT2D eigenvalue weighted by Crippen LogP contribution is 2.32. The summed E-state index contributed by atoms with van der Waals surface area (Å²) in [7, 11) is 0. The van der Waals surface area contributed by atoms with Gasteiger partial charge >= 0.3 is 0 Å². The SMILES string of the molecule is CCCN(CC1CC1)c1cccc(F)c1C=O. The van der Waals surface area contributed by atoms with Crippen LogP contribution in [0.3, 0.4) is 0 Å². The van der Waals surface area contributed by atoms with Gasteiger partial charge in [-0.2, -0.15) is 0 Å². The van der Waals surface area contributed by atoms with Crippen LogP contribution in [-0.2, 0) is 0 Å². The van der Waals surface area contributed by atoms with Crippen molar-refractivity contribution in [3.05, 3.63) is 29.6 Å². The molecule has 0 spiro atoms. The summed E-state index contributed by atoms with van der Waals surface area (Å²) in [6.45, 7) is 3.92. The van der Waals surface area contributed by atoms with E-state index in [0.717, 1.165) is 31.1 Å². The van der Waals surface area contributed by atoms with Gasteiger partial charge in [-0.15, -0.1) is 0 Å². The largest absolute Gasteiger partial charge is 0.371 e. The van der Waals surface area contributed by atoms with Gasteiger partial charge in [0.05, 0.1) is 11.3 Å². The van der Waals surface area contributed by atoms with Crippen molar-refractivity contribution in [2.24, 2.45) is 5.92 Å². The maximum absolute atomic E-state index is 13.5. The van der Waals surface area contributed by atoms with Crippen molar-refractivity contribution in [1.82, 2.24) is 0 Å². The van der Waals surface area contributed by atoms with Crippen molar-refractivity contribution < 1.29 is 9.18 Å². The Labute approximate surface area is 101 Å². The lowest BCUT2D eigenvalue weighted by Crippen LogP contribution is -2.27. The van der Waals surface area contributed by atoms with Gasteiger partial charge in [-0.05, 0) is 37.3 Å². The molecular formula is C14H18FNO. The molecule has 17 heavy (non-hydrogen) atoms. The maximum atomic E-state index is 13.5. The zero-order chi connectivity index (χ0) is 12.3. The highest BCUT2D eigenvalue weighted by Gasteiger charge is 2.25. The van der Waals surface area contributed by atoms with Crippen molar-refractivity contribution in [3.8, 4) is 0 Å². The molecule has 1 aromatic carbocycles. The van der Waals surface area contributed by atoms with Crippen LogP contribution in [0.5, 0.6) is 0 Å². The first-order valence-corrected chi connectivity index (χ1v) is 6.25. The Morgan fingerprint density at radius 1 is 1.47 bits per heavy atom. The Kier molecular flexibility index (Phi) is 3.77. The zero-order valence-corrected chi connectivity index (χ0v) is 10.2. The van der Waals surface area contributed by atoms with Crippen LogP contribution in [0.15, 0.2) is 18.2 Å². The number of carbonyl (C=O) groups is 1. The molecule has 3 heteroatoms. The highest BCUT2D eigenvalue weighted by atomic mass is 19.1. The van der Waals surface area contributed by atoms with Crippen LogP contribution in [0.25, 0.3) is 0 Å². The lowest BCUT2D eigenvalue weighted by atomic mass is 10.1. The Hall–Kier alpha value is -1.38. The highest BCUT2D eigenvalue weighted by molar-refractivity contribution is 5.85. The molecule has 1 aliphatic rings. The predicted molar refractivity (Wildman–Crippen MR) is 67.0 cm³/mol. The number of anilines is 1. The normalized spacial score (nSPS) is 14.7. The summed E-state index contributed by atoms with van der Waals surface area (Å²) in [5.41, 5.74) is 0.940. The van der Waals surface area contributed by atoms with Gasteiger partial charge in [-0.3, -0.25) is 4.79 Å². The van der Waals surface area contributed by atoms with Gasteiger partial charge in [0.2, 0.25) is 0 Å². The van der Waals surface area contributed by atoms with Crippen molar-refractivity contribution >= 4 is 12.0 Å². The maximum Gasteiger partial charge on any atom is 0.155 e. The second-order valence-electron chi connectivity index (χ2n) is 4.68. The third-order valence-corrected chi connectivity index (χ3v) is 3.16. The van der Waals surface area contributed by atoms with Gasteiger partial charge in [0.15, 0.2) is 6.29 Å². The third kappa shape index (κ3) is 2.84. The minimum atomic E-state index is -0.422. The van der Waals surface area contributed by atoms with Gasteiger partial charge in [-0.1, -0.05) is 13.0 Å². The molecule has 1 aliphatic carbocycles. The van der Waals surface area contributed by atoms with Gasteiger partial charge in [0.1, 0.15) is 5.82 Å². The smallest absolute Gasteiger partial charge is 0.155 e. The number of hydrogen-bond donors (Lipinski definition) is 0. The summed E-state index contributed by atoms with van der Waals surface area (Å²) in [6.07, 6.45) is 4.14. The Balaban J connectivity index is 2.26. The molecule has 0 amide bonds. The zero-order valence-electron chi connectivity index (χ0n) is 10.2. The molecule has 2 rings (SSSR count). The monoisotopic (exact) mass is 235 g/mol. The van der Waals surface area contributed by atoms with E-state index in [-0.39, 0.29) is 5.56 Å². The molecule has 2 nitrogen and oxygen atoms in total. The van der Waals surface area contributed by atoms with Crippen molar-refractivity contribution in [1.29, 1.82) is 0 Å². The second-order valence-corrected chi connectivity index (χ2v) is 4.68. The Morgan fingerprint density at radius 2 is 2.24 bits per heavy atom. The summed E-state index contributed by atoms with van der Waals surface area (Å²) in [6, 6.07) is 4.85. The van der Waals surface area contributed by atoms with Crippen LogP contribution in [0.1, 0.15) is 36.5 Å². The number of benzene rings is 1. The summed E-state index contributed by atoms with van der Waals surface area (Å²) in [5.74, 6) is 0.304. The molecule has 0 atom stereocenters. The first kappa shape index (κ1) is 12.1. The van der Waals surface area contributed by atoms with E-state index in [1.54, 1.807) is 6.07 Å². The molecule has 0 unspecified atom stereocenters. The van der Waals surface area contributed by atoms with Gasteiger partial charge in [0, 0.05) is 13.1 Å². The topological polar surface area (TPSA) is 20.3 Å².